The molecule has 32 heavy (non-hydrogen) atoms. The first-order valence-electron chi connectivity index (χ1n) is 10.8. The summed E-state index contributed by atoms with van der Waals surface area (Å²) >= 11 is 2.92. The lowest BCUT2D eigenvalue weighted by atomic mass is 10.0. The van der Waals surface area contributed by atoms with Gasteiger partial charge >= 0.3 is 5.97 Å². The van der Waals surface area contributed by atoms with E-state index in [1.807, 2.05) is 24.0 Å². The number of carbonyl (C=O) groups excluding carboxylic acids is 2. The second-order valence-electron chi connectivity index (χ2n) is 7.99. The van der Waals surface area contributed by atoms with Crippen molar-refractivity contribution < 1.29 is 19.1 Å². The SMILES string of the molecule is COC(=O)[C@@H]1CCCCN1Cc1ccc2c(c1)CN(C(=O)CSc1nnc(C)s1)CCO2. The molecule has 3 heterocycles. The molecule has 10 heteroatoms. The first kappa shape index (κ1) is 23.0. The van der Waals surface area contributed by atoms with Crippen LogP contribution >= 0.6 is 23.1 Å². The standard InChI is InChI=1S/C22H28N4O4S2/c1-15-23-24-22(32-15)31-14-20(27)26-9-10-30-19-7-6-16(11-17(19)13-26)12-25-8-4-3-5-18(25)21(28)29-2/h6-7,11,18H,3-5,8-10,12-14H2,1-2H3/t18-/m0/s1. The van der Waals surface area contributed by atoms with Crippen LogP contribution in [0.25, 0.3) is 0 Å². The molecule has 1 amide bonds. The third-order valence-corrected chi connectivity index (χ3v) is 7.71. The maximum atomic E-state index is 12.8. The lowest BCUT2D eigenvalue weighted by molar-refractivity contribution is -0.148. The van der Waals surface area contributed by atoms with Gasteiger partial charge in [0.1, 0.15) is 23.4 Å². The van der Waals surface area contributed by atoms with Crippen LogP contribution < -0.4 is 4.74 Å². The molecular formula is C22H28N4O4S2. The van der Waals surface area contributed by atoms with E-state index in [9.17, 15) is 9.59 Å². The Bertz CT molecular complexity index is 967. The van der Waals surface area contributed by atoms with Crippen LogP contribution in [0.15, 0.2) is 22.5 Å². The maximum absolute atomic E-state index is 12.8. The van der Waals surface area contributed by atoms with E-state index in [1.54, 1.807) is 0 Å². The Kier molecular flexibility index (Phi) is 7.64. The fraction of sp³-hybridized carbons (Fsp3) is 0.545. The summed E-state index contributed by atoms with van der Waals surface area (Å²) in [6.07, 6.45) is 2.95. The van der Waals surface area contributed by atoms with Crippen LogP contribution in [-0.2, 0) is 27.4 Å². The van der Waals surface area contributed by atoms with Crippen LogP contribution in [0.3, 0.4) is 0 Å². The van der Waals surface area contributed by atoms with Gasteiger partial charge in [0.05, 0.1) is 19.4 Å². The predicted octanol–water partition coefficient (Wildman–Crippen LogP) is 2.89. The zero-order valence-corrected chi connectivity index (χ0v) is 20.0. The number of amides is 1. The lowest BCUT2D eigenvalue weighted by Gasteiger charge is -2.33. The summed E-state index contributed by atoms with van der Waals surface area (Å²) in [6, 6.07) is 5.94. The van der Waals surface area contributed by atoms with Crippen LogP contribution in [0.2, 0.25) is 0 Å². The Morgan fingerprint density at radius 2 is 2.16 bits per heavy atom. The van der Waals surface area contributed by atoms with Gasteiger partial charge in [0.25, 0.3) is 0 Å². The zero-order chi connectivity index (χ0) is 22.5. The molecule has 1 atom stereocenters. The smallest absolute Gasteiger partial charge is 0.323 e. The van der Waals surface area contributed by atoms with E-state index in [2.05, 4.69) is 21.2 Å². The highest BCUT2D eigenvalue weighted by Gasteiger charge is 2.29. The molecule has 1 saturated heterocycles. The van der Waals surface area contributed by atoms with Gasteiger partial charge in [-0.15, -0.1) is 10.2 Å². The summed E-state index contributed by atoms with van der Waals surface area (Å²) in [6.45, 7) is 4.99. The van der Waals surface area contributed by atoms with Crippen molar-refractivity contribution in [1.82, 2.24) is 20.0 Å². The third-order valence-electron chi connectivity index (χ3n) is 5.76. The number of methoxy groups -OCH3 is 1. The molecule has 2 aromatic rings. The molecule has 4 rings (SSSR count). The number of rotatable bonds is 6. The highest BCUT2D eigenvalue weighted by atomic mass is 32.2. The summed E-state index contributed by atoms with van der Waals surface area (Å²) in [4.78, 5) is 29.1. The molecule has 0 N–H and O–H groups in total. The number of aromatic nitrogens is 2. The van der Waals surface area contributed by atoms with Gasteiger partial charge in [-0.3, -0.25) is 14.5 Å². The number of aryl methyl sites for hydroxylation is 1. The first-order valence-corrected chi connectivity index (χ1v) is 12.6. The number of fused-ring (bicyclic) bond motifs is 1. The van der Waals surface area contributed by atoms with Gasteiger partial charge in [-0.2, -0.15) is 0 Å². The van der Waals surface area contributed by atoms with Crippen LogP contribution in [0, 0.1) is 6.92 Å². The van der Waals surface area contributed by atoms with E-state index in [0.29, 0.717) is 32.0 Å². The zero-order valence-electron chi connectivity index (χ0n) is 18.4. The molecule has 172 valence electrons. The minimum atomic E-state index is -0.192. The molecule has 0 radical (unpaired) electrons. The van der Waals surface area contributed by atoms with Gasteiger partial charge in [0.15, 0.2) is 4.34 Å². The molecule has 1 fully saturated rings. The summed E-state index contributed by atoms with van der Waals surface area (Å²) < 4.78 is 11.7. The quantitative estimate of drug-likeness (QED) is 0.465. The van der Waals surface area contributed by atoms with E-state index in [4.69, 9.17) is 9.47 Å². The first-order chi connectivity index (χ1) is 15.5. The molecule has 2 aliphatic heterocycles. The van der Waals surface area contributed by atoms with E-state index in [0.717, 1.165) is 52.0 Å². The van der Waals surface area contributed by atoms with E-state index in [1.165, 1.54) is 30.2 Å². The van der Waals surface area contributed by atoms with Crippen LogP contribution in [0.1, 0.15) is 35.4 Å². The van der Waals surface area contributed by atoms with E-state index >= 15 is 0 Å². The number of piperidine rings is 1. The number of hydrogen-bond acceptors (Lipinski definition) is 9. The summed E-state index contributed by atoms with van der Waals surface area (Å²) in [5.74, 6) is 1.05. The van der Waals surface area contributed by atoms with Crippen molar-refractivity contribution in [2.24, 2.45) is 0 Å². The minimum Gasteiger partial charge on any atom is -0.491 e. The predicted molar refractivity (Wildman–Crippen MR) is 123 cm³/mol. The number of nitrogens with zero attached hydrogens (tertiary/aromatic N) is 4. The van der Waals surface area contributed by atoms with Gasteiger partial charge in [-0.05, 0) is 44.0 Å². The highest BCUT2D eigenvalue weighted by molar-refractivity contribution is 8.01. The van der Waals surface area contributed by atoms with Gasteiger partial charge < -0.3 is 14.4 Å². The normalized spacial score (nSPS) is 19.1. The van der Waals surface area contributed by atoms with Crippen molar-refractivity contribution in [2.45, 2.75) is 49.7 Å². The Labute approximate surface area is 196 Å². The molecule has 8 nitrogen and oxygen atoms in total. The second-order valence-corrected chi connectivity index (χ2v) is 10.4. The Hall–Kier alpha value is -2.17. The number of thioether (sulfide) groups is 1. The molecule has 2 aliphatic rings. The largest absolute Gasteiger partial charge is 0.491 e. The van der Waals surface area contributed by atoms with Crippen molar-refractivity contribution in [1.29, 1.82) is 0 Å². The average Bonchev–Trinajstić information content (AvgIpc) is 3.10. The second kappa shape index (κ2) is 10.6. The topological polar surface area (TPSA) is 84.9 Å². The fourth-order valence-electron chi connectivity index (χ4n) is 4.13. The molecule has 1 aromatic heterocycles. The van der Waals surface area contributed by atoms with E-state index in [-0.39, 0.29) is 17.9 Å². The number of likely N-dealkylation sites (tertiary alicyclic amines) is 1. The van der Waals surface area contributed by atoms with Crippen LogP contribution in [0.5, 0.6) is 5.75 Å². The van der Waals surface area contributed by atoms with Gasteiger partial charge in [0, 0.05) is 18.7 Å². The van der Waals surface area contributed by atoms with Crippen molar-refractivity contribution in [3.05, 3.63) is 34.3 Å². The number of carbonyl (C=O) groups is 2. The number of esters is 1. The summed E-state index contributed by atoms with van der Waals surface area (Å²) in [5, 5.41) is 8.97. The van der Waals surface area contributed by atoms with Gasteiger partial charge in [-0.1, -0.05) is 35.6 Å². The number of ether oxygens (including phenoxy) is 2. The summed E-state index contributed by atoms with van der Waals surface area (Å²) in [5.41, 5.74) is 2.10. The Morgan fingerprint density at radius 3 is 2.94 bits per heavy atom. The Morgan fingerprint density at radius 1 is 1.28 bits per heavy atom. The van der Waals surface area contributed by atoms with Crippen molar-refractivity contribution in [3.8, 4) is 5.75 Å². The van der Waals surface area contributed by atoms with Gasteiger partial charge in [-0.25, -0.2) is 0 Å². The molecule has 0 unspecified atom stereocenters. The van der Waals surface area contributed by atoms with E-state index < -0.39 is 0 Å². The average molecular weight is 477 g/mol. The monoisotopic (exact) mass is 476 g/mol. The van der Waals surface area contributed by atoms with Crippen molar-refractivity contribution in [3.63, 3.8) is 0 Å². The number of benzene rings is 1. The molecule has 0 bridgehead atoms. The molecule has 0 aliphatic carbocycles. The molecule has 1 aromatic carbocycles. The lowest BCUT2D eigenvalue weighted by Crippen LogP contribution is -2.44. The molecule has 0 saturated carbocycles. The third kappa shape index (κ3) is 5.60. The maximum Gasteiger partial charge on any atom is 0.323 e. The van der Waals surface area contributed by atoms with Crippen molar-refractivity contribution in [2.75, 3.05) is 32.6 Å². The summed E-state index contributed by atoms with van der Waals surface area (Å²) in [7, 11) is 1.45. The fourth-order valence-corrected chi connectivity index (χ4v) is 5.85. The number of hydrogen-bond donors (Lipinski definition) is 0. The minimum absolute atomic E-state index is 0.0616. The Balaban J connectivity index is 1.42. The van der Waals surface area contributed by atoms with Crippen LogP contribution in [-0.4, -0.2) is 70.5 Å². The highest BCUT2D eigenvalue weighted by Crippen LogP contribution is 2.28. The van der Waals surface area contributed by atoms with Gasteiger partial charge in [0.2, 0.25) is 5.91 Å². The molecular weight excluding hydrogens is 448 g/mol. The van der Waals surface area contributed by atoms with Crippen molar-refractivity contribution >= 4 is 35.0 Å². The molecule has 0 spiro atoms. The van der Waals surface area contributed by atoms with Crippen LogP contribution in [0.4, 0.5) is 0 Å².